The predicted molar refractivity (Wildman–Crippen MR) is 82.5 cm³/mol. The lowest BCUT2D eigenvalue weighted by molar-refractivity contribution is -0.148. The quantitative estimate of drug-likeness (QED) is 0.836. The van der Waals surface area contributed by atoms with Gasteiger partial charge in [0, 0.05) is 18.7 Å². The zero-order chi connectivity index (χ0) is 16.7. The minimum absolute atomic E-state index is 0.0445. The zero-order valence-corrected chi connectivity index (χ0v) is 13.9. The Hall–Kier alpha value is -1.85. The number of carbonyl (C=O) groups is 2. The van der Waals surface area contributed by atoms with Gasteiger partial charge in [-0.05, 0) is 51.5 Å². The molecule has 2 rings (SSSR count). The van der Waals surface area contributed by atoms with Gasteiger partial charge in [-0.25, -0.2) is 4.79 Å². The predicted octanol–water partition coefficient (Wildman–Crippen LogP) is 1.59. The first-order valence-corrected chi connectivity index (χ1v) is 7.71. The van der Waals surface area contributed by atoms with E-state index in [9.17, 15) is 14.7 Å². The molecular weight excluding hydrogens is 282 g/mol. The zero-order valence-electron chi connectivity index (χ0n) is 13.9. The maximum atomic E-state index is 12.4. The Kier molecular flexibility index (Phi) is 4.31. The van der Waals surface area contributed by atoms with Crippen LogP contribution in [0.3, 0.4) is 0 Å². The van der Waals surface area contributed by atoms with Gasteiger partial charge in [0.05, 0.1) is 5.69 Å². The van der Waals surface area contributed by atoms with E-state index in [0.29, 0.717) is 6.42 Å². The molecule has 0 radical (unpaired) electrons. The van der Waals surface area contributed by atoms with Gasteiger partial charge in [0.25, 0.3) is 0 Å². The highest BCUT2D eigenvalue weighted by molar-refractivity contribution is 5.88. The summed E-state index contributed by atoms with van der Waals surface area (Å²) in [4.78, 5) is 23.9. The van der Waals surface area contributed by atoms with E-state index in [1.165, 1.54) is 0 Å². The number of carboxylic acids is 1. The molecule has 6 heteroatoms. The molecular formula is C16H25N3O3. The van der Waals surface area contributed by atoms with Gasteiger partial charge in [0.15, 0.2) is 0 Å². The molecule has 2 N–H and O–H groups in total. The molecule has 1 amide bonds. The molecule has 0 bridgehead atoms. The minimum Gasteiger partial charge on any atom is -0.480 e. The molecule has 0 aliphatic heterocycles. The van der Waals surface area contributed by atoms with Crippen molar-refractivity contribution in [3.63, 3.8) is 0 Å². The lowest BCUT2D eigenvalue weighted by atomic mass is 9.93. The second kappa shape index (κ2) is 5.74. The number of aromatic nitrogens is 2. The van der Waals surface area contributed by atoms with Crippen molar-refractivity contribution in [1.29, 1.82) is 0 Å². The molecule has 1 aromatic rings. The Bertz CT molecular complexity index is 604. The van der Waals surface area contributed by atoms with Gasteiger partial charge in [-0.2, -0.15) is 5.10 Å². The smallest absolute Gasteiger partial charge is 0.329 e. The normalized spacial score (nSPS) is 18.6. The lowest BCUT2D eigenvalue weighted by Crippen LogP contribution is -2.55. The highest BCUT2D eigenvalue weighted by atomic mass is 16.4. The van der Waals surface area contributed by atoms with Gasteiger partial charge < -0.3 is 10.4 Å². The van der Waals surface area contributed by atoms with E-state index in [0.717, 1.165) is 29.8 Å². The van der Waals surface area contributed by atoms with E-state index in [1.807, 2.05) is 27.8 Å². The highest BCUT2D eigenvalue weighted by Crippen LogP contribution is 2.40. The van der Waals surface area contributed by atoms with Crippen LogP contribution in [0.1, 0.15) is 43.6 Å². The monoisotopic (exact) mass is 307 g/mol. The van der Waals surface area contributed by atoms with E-state index in [-0.39, 0.29) is 17.7 Å². The standard InChI is InChI=1S/C16H25N3O3/c1-9(8-13-10(2)18-19(5)11(13)3)14(20)17-16(4,15(21)22)12-6-7-12/h9,12H,6-8H2,1-5H3,(H,17,20)(H,21,22). The molecule has 1 aromatic heterocycles. The number of nitrogens with one attached hydrogen (secondary N) is 1. The van der Waals surface area contributed by atoms with Gasteiger partial charge in [0.2, 0.25) is 5.91 Å². The Morgan fingerprint density at radius 3 is 2.45 bits per heavy atom. The molecule has 1 heterocycles. The Morgan fingerprint density at radius 2 is 2.05 bits per heavy atom. The van der Waals surface area contributed by atoms with Crippen molar-refractivity contribution < 1.29 is 14.7 Å². The number of amides is 1. The molecule has 122 valence electrons. The van der Waals surface area contributed by atoms with E-state index >= 15 is 0 Å². The van der Waals surface area contributed by atoms with Crippen LogP contribution in [0.25, 0.3) is 0 Å². The van der Waals surface area contributed by atoms with Gasteiger partial charge in [0.1, 0.15) is 5.54 Å². The van der Waals surface area contributed by atoms with Crippen molar-refractivity contribution in [2.24, 2.45) is 18.9 Å². The molecule has 22 heavy (non-hydrogen) atoms. The van der Waals surface area contributed by atoms with Crippen molar-refractivity contribution in [3.05, 3.63) is 17.0 Å². The molecule has 1 aliphatic carbocycles. The average Bonchev–Trinajstić information content (AvgIpc) is 3.24. The molecule has 0 saturated heterocycles. The summed E-state index contributed by atoms with van der Waals surface area (Å²) in [5.74, 6) is -1.41. The second-order valence-electron chi connectivity index (χ2n) is 6.65. The summed E-state index contributed by atoms with van der Waals surface area (Å²) in [5, 5.41) is 16.5. The number of carboxylic acid groups (broad SMARTS) is 1. The van der Waals surface area contributed by atoms with Gasteiger partial charge in [-0.1, -0.05) is 6.92 Å². The van der Waals surface area contributed by atoms with Crippen LogP contribution >= 0.6 is 0 Å². The Morgan fingerprint density at radius 1 is 1.45 bits per heavy atom. The van der Waals surface area contributed by atoms with Crippen molar-refractivity contribution in [2.75, 3.05) is 0 Å². The maximum Gasteiger partial charge on any atom is 0.329 e. The fraction of sp³-hybridized carbons (Fsp3) is 0.688. The lowest BCUT2D eigenvalue weighted by Gasteiger charge is -2.27. The molecule has 0 spiro atoms. The first-order chi connectivity index (χ1) is 10.2. The van der Waals surface area contributed by atoms with Crippen LogP contribution in [-0.4, -0.2) is 32.3 Å². The van der Waals surface area contributed by atoms with Crippen molar-refractivity contribution in [1.82, 2.24) is 15.1 Å². The summed E-state index contributed by atoms with van der Waals surface area (Å²) in [5.41, 5.74) is 1.88. The third-order valence-corrected chi connectivity index (χ3v) is 4.84. The molecule has 1 fully saturated rings. The van der Waals surface area contributed by atoms with Gasteiger partial charge in [-0.15, -0.1) is 0 Å². The number of hydrogen-bond donors (Lipinski definition) is 2. The summed E-state index contributed by atoms with van der Waals surface area (Å²) in [6, 6.07) is 0. The first-order valence-electron chi connectivity index (χ1n) is 7.71. The topological polar surface area (TPSA) is 84.2 Å². The largest absolute Gasteiger partial charge is 0.480 e. The molecule has 6 nitrogen and oxygen atoms in total. The molecule has 1 saturated carbocycles. The van der Waals surface area contributed by atoms with E-state index in [2.05, 4.69) is 10.4 Å². The van der Waals surface area contributed by atoms with Crippen molar-refractivity contribution in [2.45, 2.75) is 52.5 Å². The maximum absolute atomic E-state index is 12.4. The van der Waals surface area contributed by atoms with E-state index < -0.39 is 11.5 Å². The minimum atomic E-state index is -1.15. The molecule has 2 atom stereocenters. The van der Waals surface area contributed by atoms with Crippen LogP contribution in [-0.2, 0) is 23.1 Å². The number of aryl methyl sites for hydroxylation is 2. The molecule has 0 aromatic carbocycles. The van der Waals surface area contributed by atoms with Crippen LogP contribution in [0.15, 0.2) is 0 Å². The third kappa shape index (κ3) is 3.00. The van der Waals surface area contributed by atoms with E-state index in [1.54, 1.807) is 11.6 Å². The highest BCUT2D eigenvalue weighted by Gasteiger charge is 2.48. The van der Waals surface area contributed by atoms with Gasteiger partial charge in [-0.3, -0.25) is 9.48 Å². The Labute approximate surface area is 130 Å². The average molecular weight is 307 g/mol. The van der Waals surface area contributed by atoms with Crippen LogP contribution in [0.5, 0.6) is 0 Å². The number of nitrogens with zero attached hydrogens (tertiary/aromatic N) is 2. The molecule has 2 unspecified atom stereocenters. The van der Waals surface area contributed by atoms with Crippen molar-refractivity contribution >= 4 is 11.9 Å². The van der Waals surface area contributed by atoms with Gasteiger partial charge >= 0.3 is 5.97 Å². The summed E-state index contributed by atoms with van der Waals surface area (Å²) in [6.07, 6.45) is 2.29. The Balaban J connectivity index is 2.07. The van der Waals surface area contributed by atoms with Crippen LogP contribution in [0.2, 0.25) is 0 Å². The molecule has 1 aliphatic rings. The fourth-order valence-electron chi connectivity index (χ4n) is 2.88. The van der Waals surface area contributed by atoms with Crippen LogP contribution in [0.4, 0.5) is 0 Å². The van der Waals surface area contributed by atoms with E-state index in [4.69, 9.17) is 0 Å². The first kappa shape index (κ1) is 16.5. The number of rotatable bonds is 6. The number of hydrogen-bond acceptors (Lipinski definition) is 3. The van der Waals surface area contributed by atoms with Crippen LogP contribution in [0, 0.1) is 25.7 Å². The summed E-state index contributed by atoms with van der Waals surface area (Å²) in [7, 11) is 1.88. The summed E-state index contributed by atoms with van der Waals surface area (Å²) in [6.45, 7) is 7.35. The SMILES string of the molecule is Cc1nn(C)c(C)c1CC(C)C(=O)NC(C)(C(=O)O)C1CC1. The van der Waals surface area contributed by atoms with Crippen molar-refractivity contribution in [3.8, 4) is 0 Å². The second-order valence-corrected chi connectivity index (χ2v) is 6.65. The number of aliphatic carboxylic acids is 1. The third-order valence-electron chi connectivity index (χ3n) is 4.84. The fourth-order valence-corrected chi connectivity index (χ4v) is 2.88. The number of carbonyl (C=O) groups excluding carboxylic acids is 1. The summed E-state index contributed by atoms with van der Waals surface area (Å²) >= 11 is 0. The van der Waals surface area contributed by atoms with Crippen LogP contribution < -0.4 is 5.32 Å². The summed E-state index contributed by atoms with van der Waals surface area (Å²) < 4.78 is 1.81.